The lowest BCUT2D eigenvalue weighted by Crippen LogP contribution is -2.59. The first-order chi connectivity index (χ1) is 18.6. The van der Waals surface area contributed by atoms with Gasteiger partial charge in [0.1, 0.15) is 12.2 Å². The molecule has 2 fully saturated rings. The normalized spacial score (nSPS) is 23.3. The Bertz CT molecular complexity index is 1670. The third kappa shape index (κ3) is 4.39. The predicted molar refractivity (Wildman–Crippen MR) is 140 cm³/mol. The molecule has 6 rings (SSSR count). The van der Waals surface area contributed by atoms with E-state index in [2.05, 4.69) is 10.2 Å². The molecule has 0 saturated carbocycles. The lowest BCUT2D eigenvalue weighted by molar-refractivity contribution is -0.605. The Kier molecular flexibility index (Phi) is 6.24. The van der Waals surface area contributed by atoms with Gasteiger partial charge in [0.15, 0.2) is 18.1 Å². The highest BCUT2D eigenvalue weighted by atomic mass is 35.5. The Labute approximate surface area is 228 Å². The number of halogens is 1. The van der Waals surface area contributed by atoms with Gasteiger partial charge in [-0.2, -0.15) is 9.04 Å². The van der Waals surface area contributed by atoms with Gasteiger partial charge in [-0.25, -0.2) is 8.42 Å². The highest BCUT2D eigenvalue weighted by molar-refractivity contribution is 7.89. The maximum atomic E-state index is 13.6. The molecule has 0 spiro atoms. The van der Waals surface area contributed by atoms with Crippen molar-refractivity contribution < 1.29 is 28.2 Å². The number of carbonyl (C=O) groups is 1. The number of hydrogen-bond acceptors (Lipinski definition) is 8. The van der Waals surface area contributed by atoms with Crippen molar-refractivity contribution in [3.63, 3.8) is 0 Å². The maximum absolute atomic E-state index is 13.6. The Balaban J connectivity index is 1.26. The number of hydrogen-bond donors (Lipinski definition) is 2. The summed E-state index contributed by atoms with van der Waals surface area (Å²) >= 11 is 6.04. The van der Waals surface area contributed by atoms with E-state index in [9.17, 15) is 28.6 Å². The van der Waals surface area contributed by atoms with Crippen LogP contribution in [0, 0.1) is 5.21 Å². The van der Waals surface area contributed by atoms with Crippen molar-refractivity contribution in [3.05, 3.63) is 89.0 Å². The van der Waals surface area contributed by atoms with E-state index < -0.39 is 40.2 Å². The number of benzene rings is 2. The van der Waals surface area contributed by atoms with Crippen LogP contribution < -0.4 is 4.73 Å². The first-order valence-corrected chi connectivity index (χ1v) is 13.9. The number of fused-ring (bicyclic) bond motifs is 3. The Morgan fingerprint density at radius 3 is 2.21 bits per heavy atom. The number of aliphatic hydroxyl groups excluding tert-OH is 2. The number of aliphatic hydroxyl groups is 2. The summed E-state index contributed by atoms with van der Waals surface area (Å²) in [6.45, 7) is -0.404. The summed E-state index contributed by atoms with van der Waals surface area (Å²) in [7, 11) is -4.00. The molecule has 13 heteroatoms. The van der Waals surface area contributed by atoms with Crippen molar-refractivity contribution >= 4 is 38.3 Å². The Hall–Kier alpha value is -3.68. The highest BCUT2D eigenvalue weighted by Crippen LogP contribution is 2.35. The molecule has 200 valence electrons. The number of nitrogens with zero attached hydrogens (tertiary/aromatic N) is 5. The van der Waals surface area contributed by atoms with Crippen LogP contribution in [0.3, 0.4) is 0 Å². The van der Waals surface area contributed by atoms with E-state index >= 15 is 0 Å². The lowest BCUT2D eigenvalue weighted by atomic mass is 10.1. The van der Waals surface area contributed by atoms with E-state index in [0.29, 0.717) is 26.4 Å². The second kappa shape index (κ2) is 9.50. The fourth-order valence-electron chi connectivity index (χ4n) is 5.23. The molecule has 0 aliphatic carbocycles. The van der Waals surface area contributed by atoms with Crippen molar-refractivity contribution in [3.8, 4) is 11.3 Å². The molecule has 4 unspecified atom stereocenters. The molecule has 2 aromatic carbocycles. The van der Waals surface area contributed by atoms with Gasteiger partial charge in [0.2, 0.25) is 10.0 Å². The molecule has 1 amide bonds. The number of rotatable bonds is 4. The van der Waals surface area contributed by atoms with Gasteiger partial charge in [0.05, 0.1) is 22.7 Å². The molecule has 0 radical (unpaired) electrons. The molecule has 2 aromatic heterocycles. The third-order valence-corrected chi connectivity index (χ3v) is 9.32. The molecule has 4 atom stereocenters. The van der Waals surface area contributed by atoms with E-state index in [1.165, 1.54) is 33.7 Å². The standard InChI is InChI=1S/C26H22ClN5O6S/c27-18-3-1-17-12-19(4-2-16(17)11-18)39(37,38)31-13-22-24(33)25(34)23(14-31)32(22)26(35)21-6-5-20(28-29-21)15-7-9-30(36)10-8-15/h1-12,22-25,33-34H,13-14H2. The van der Waals surface area contributed by atoms with Gasteiger partial charge in [-0.1, -0.05) is 23.7 Å². The summed E-state index contributed by atoms with van der Waals surface area (Å²) in [6.07, 6.45) is -0.0451. The second-order valence-electron chi connectivity index (χ2n) is 9.55. The fourth-order valence-corrected chi connectivity index (χ4v) is 6.92. The molecule has 2 N–H and O–H groups in total. The van der Waals surface area contributed by atoms with Crippen LogP contribution in [-0.2, 0) is 10.0 Å². The summed E-state index contributed by atoms with van der Waals surface area (Å²) in [5.41, 5.74) is 1.06. The SMILES string of the molecule is O=C(c1ccc(-c2cc[n+]([O-])cc2)nn1)N1C2CN(S(=O)(=O)c3ccc4cc(Cl)ccc4c3)CC1C(O)C2O. The monoisotopic (exact) mass is 567 g/mol. The second-order valence-corrected chi connectivity index (χ2v) is 11.9. The maximum Gasteiger partial charge on any atom is 0.275 e. The number of pyridine rings is 1. The van der Waals surface area contributed by atoms with E-state index in [-0.39, 0.29) is 23.7 Å². The van der Waals surface area contributed by atoms with Crippen LogP contribution in [0.5, 0.6) is 0 Å². The van der Waals surface area contributed by atoms with Crippen LogP contribution in [0.1, 0.15) is 10.5 Å². The molecule has 11 nitrogen and oxygen atoms in total. The van der Waals surface area contributed by atoms with Crippen molar-refractivity contribution in [1.29, 1.82) is 0 Å². The molecule has 4 aromatic rings. The zero-order valence-electron chi connectivity index (χ0n) is 20.2. The van der Waals surface area contributed by atoms with Crippen molar-refractivity contribution in [2.75, 3.05) is 13.1 Å². The van der Waals surface area contributed by atoms with Crippen LogP contribution in [0.25, 0.3) is 22.0 Å². The topological polar surface area (TPSA) is 151 Å². The van der Waals surface area contributed by atoms with Gasteiger partial charge < -0.3 is 20.3 Å². The Morgan fingerprint density at radius 2 is 1.56 bits per heavy atom. The number of carbonyl (C=O) groups excluding carboxylic acids is 1. The van der Waals surface area contributed by atoms with Gasteiger partial charge in [-0.3, -0.25) is 4.79 Å². The van der Waals surface area contributed by atoms with Gasteiger partial charge in [0.25, 0.3) is 5.91 Å². The van der Waals surface area contributed by atoms with Gasteiger partial charge >= 0.3 is 0 Å². The minimum absolute atomic E-state index is 0.0191. The van der Waals surface area contributed by atoms with Crippen LogP contribution in [0.2, 0.25) is 5.02 Å². The third-order valence-electron chi connectivity index (χ3n) is 7.26. The number of piperazine rings is 1. The van der Waals surface area contributed by atoms with E-state index in [0.717, 1.165) is 5.39 Å². The largest absolute Gasteiger partial charge is 0.619 e. The fraction of sp³-hybridized carbons (Fsp3) is 0.231. The summed E-state index contributed by atoms with van der Waals surface area (Å²) in [4.78, 5) is 14.8. The van der Waals surface area contributed by atoms with E-state index in [1.54, 1.807) is 48.5 Å². The molecule has 39 heavy (non-hydrogen) atoms. The minimum atomic E-state index is -4.00. The van der Waals surface area contributed by atoms with Gasteiger partial charge in [-0.05, 0) is 47.2 Å². The molecular formula is C26H22ClN5O6S. The molecule has 4 heterocycles. The van der Waals surface area contributed by atoms with Crippen molar-refractivity contribution in [2.45, 2.75) is 29.2 Å². The molecule has 2 aliphatic heterocycles. The van der Waals surface area contributed by atoms with Crippen LogP contribution in [0.4, 0.5) is 0 Å². The number of aromatic nitrogens is 3. The van der Waals surface area contributed by atoms with E-state index in [1.807, 2.05) is 0 Å². The zero-order valence-corrected chi connectivity index (χ0v) is 21.8. The smallest absolute Gasteiger partial charge is 0.275 e. The summed E-state index contributed by atoms with van der Waals surface area (Å²) in [6, 6.07) is 14.1. The average Bonchev–Trinajstić information content (AvgIpc) is 3.09. The van der Waals surface area contributed by atoms with Gasteiger partial charge in [0, 0.05) is 35.8 Å². The van der Waals surface area contributed by atoms with E-state index in [4.69, 9.17) is 11.6 Å². The predicted octanol–water partition coefficient (Wildman–Crippen LogP) is 1.20. The quantitative estimate of drug-likeness (QED) is 0.276. The van der Waals surface area contributed by atoms with Crippen LogP contribution in [-0.4, -0.2) is 81.3 Å². The first kappa shape index (κ1) is 25.6. The van der Waals surface area contributed by atoms with Crippen molar-refractivity contribution in [2.24, 2.45) is 0 Å². The van der Waals surface area contributed by atoms with Crippen LogP contribution in [0.15, 0.2) is 78.0 Å². The zero-order chi connectivity index (χ0) is 27.5. The number of amides is 1. The molecule has 2 bridgehead atoms. The van der Waals surface area contributed by atoms with Crippen LogP contribution >= 0.6 is 11.6 Å². The lowest BCUT2D eigenvalue weighted by Gasteiger charge is -2.40. The van der Waals surface area contributed by atoms with Gasteiger partial charge in [-0.15, -0.1) is 10.2 Å². The Morgan fingerprint density at radius 1 is 0.923 bits per heavy atom. The summed E-state index contributed by atoms with van der Waals surface area (Å²) in [5, 5.41) is 42.8. The molecular weight excluding hydrogens is 546 g/mol. The minimum Gasteiger partial charge on any atom is -0.619 e. The first-order valence-electron chi connectivity index (χ1n) is 12.0. The highest BCUT2D eigenvalue weighted by Gasteiger charge is 2.56. The summed E-state index contributed by atoms with van der Waals surface area (Å²) in [5.74, 6) is -0.579. The molecule has 2 aliphatic rings. The molecule has 2 saturated heterocycles. The number of sulfonamides is 1. The summed E-state index contributed by atoms with van der Waals surface area (Å²) < 4.78 is 28.9. The van der Waals surface area contributed by atoms with Crippen molar-refractivity contribution in [1.82, 2.24) is 19.4 Å². The average molecular weight is 568 g/mol.